The summed E-state index contributed by atoms with van der Waals surface area (Å²) in [6.45, 7) is 19.7. The Labute approximate surface area is 149 Å². The van der Waals surface area contributed by atoms with Crippen LogP contribution in [0.3, 0.4) is 0 Å². The average molecular weight is 341 g/mol. The molecule has 4 nitrogen and oxygen atoms in total. The first-order valence-corrected chi connectivity index (χ1v) is 9.16. The third-order valence-corrected chi connectivity index (χ3v) is 3.74. The fraction of sp³-hybridized carbons (Fsp3) is 0.900. The molecule has 0 saturated heterocycles. The molecule has 0 aliphatic heterocycles. The van der Waals surface area contributed by atoms with E-state index in [4.69, 9.17) is 0 Å². The summed E-state index contributed by atoms with van der Waals surface area (Å²) in [6.07, 6.45) is 2.82. The van der Waals surface area contributed by atoms with Crippen LogP contribution in [0.1, 0.15) is 88.0 Å². The molecule has 0 aromatic carbocycles. The summed E-state index contributed by atoms with van der Waals surface area (Å²) in [5.41, 5.74) is 0.276. The minimum Gasteiger partial charge on any atom is -0.354 e. The molecular formula is C20H40N2O2. The van der Waals surface area contributed by atoms with Crippen molar-refractivity contribution in [1.82, 2.24) is 10.6 Å². The smallest absolute Gasteiger partial charge is 0.242 e. The van der Waals surface area contributed by atoms with Crippen molar-refractivity contribution in [2.24, 2.45) is 16.2 Å². The van der Waals surface area contributed by atoms with Gasteiger partial charge in [0.15, 0.2) is 0 Å². The van der Waals surface area contributed by atoms with Gasteiger partial charge in [-0.3, -0.25) is 9.59 Å². The second-order valence-corrected chi connectivity index (χ2v) is 10.5. The van der Waals surface area contributed by atoms with Crippen LogP contribution < -0.4 is 10.6 Å². The first kappa shape index (κ1) is 22.9. The van der Waals surface area contributed by atoms with Crippen molar-refractivity contribution in [3.05, 3.63) is 0 Å². The Balaban J connectivity index is 4.68. The van der Waals surface area contributed by atoms with E-state index in [1.54, 1.807) is 0 Å². The molecule has 0 aromatic heterocycles. The lowest BCUT2D eigenvalue weighted by molar-refractivity contribution is -0.130. The Morgan fingerprint density at radius 3 is 1.71 bits per heavy atom. The molecule has 24 heavy (non-hydrogen) atoms. The lowest BCUT2D eigenvalue weighted by Gasteiger charge is -2.27. The predicted octanol–water partition coefficient (Wildman–Crippen LogP) is 4.29. The van der Waals surface area contributed by atoms with Gasteiger partial charge in [-0.05, 0) is 35.5 Å². The second-order valence-electron chi connectivity index (χ2n) is 10.5. The largest absolute Gasteiger partial charge is 0.354 e. The number of amides is 2. The molecule has 2 N–H and O–H groups in total. The van der Waals surface area contributed by atoms with Gasteiger partial charge in [-0.1, -0.05) is 62.3 Å². The number of hydrogen-bond donors (Lipinski definition) is 2. The highest BCUT2D eigenvalue weighted by Gasteiger charge is 2.27. The molecule has 0 heterocycles. The maximum Gasteiger partial charge on any atom is 0.242 e. The maximum absolute atomic E-state index is 12.5. The molecule has 0 bridgehead atoms. The zero-order chi connectivity index (χ0) is 19.2. The van der Waals surface area contributed by atoms with Crippen LogP contribution >= 0.6 is 0 Å². The number of carbonyl (C=O) groups excluding carboxylic acids is 2. The van der Waals surface area contributed by atoms with Crippen LogP contribution in [0.25, 0.3) is 0 Å². The number of rotatable bonds is 7. The van der Waals surface area contributed by atoms with Gasteiger partial charge in [-0.15, -0.1) is 0 Å². The standard InChI is InChI=1S/C20H40N2O2/c1-18(2,3)11-10-16(23)22-15(14-20(7,8)9)17(24)21-13-12-19(4,5)6/h15H,10-14H2,1-9H3,(H,21,24)(H,22,23). The Bertz CT molecular complexity index is 409. The van der Waals surface area contributed by atoms with E-state index >= 15 is 0 Å². The first-order chi connectivity index (χ1) is 10.6. The second kappa shape index (κ2) is 8.87. The van der Waals surface area contributed by atoms with E-state index in [0.717, 1.165) is 12.8 Å². The molecule has 0 spiro atoms. The predicted molar refractivity (Wildman–Crippen MR) is 102 cm³/mol. The van der Waals surface area contributed by atoms with Crippen LogP contribution in [-0.4, -0.2) is 24.4 Å². The summed E-state index contributed by atoms with van der Waals surface area (Å²) in [5, 5.41) is 5.93. The Morgan fingerprint density at radius 2 is 1.29 bits per heavy atom. The number of hydrogen-bond acceptors (Lipinski definition) is 2. The first-order valence-electron chi connectivity index (χ1n) is 9.16. The van der Waals surface area contributed by atoms with E-state index in [1.807, 2.05) is 0 Å². The van der Waals surface area contributed by atoms with Crippen molar-refractivity contribution in [3.63, 3.8) is 0 Å². The number of nitrogens with one attached hydrogen (secondary N) is 2. The summed E-state index contributed by atoms with van der Waals surface area (Å²) < 4.78 is 0. The van der Waals surface area contributed by atoms with E-state index in [2.05, 4.69) is 72.9 Å². The molecule has 0 aliphatic rings. The zero-order valence-corrected chi connectivity index (χ0v) is 17.4. The molecule has 1 atom stereocenters. The Hall–Kier alpha value is -1.06. The Morgan fingerprint density at radius 1 is 0.792 bits per heavy atom. The molecule has 0 saturated carbocycles. The highest BCUT2D eigenvalue weighted by Crippen LogP contribution is 2.23. The molecule has 0 fully saturated rings. The van der Waals surface area contributed by atoms with Crippen LogP contribution in [0.5, 0.6) is 0 Å². The summed E-state index contributed by atoms with van der Waals surface area (Å²) in [5.74, 6) is -0.108. The minimum atomic E-state index is -0.461. The quantitative estimate of drug-likeness (QED) is 0.726. The summed E-state index contributed by atoms with van der Waals surface area (Å²) in [4.78, 5) is 24.7. The Kier molecular flexibility index (Phi) is 8.47. The third-order valence-electron chi connectivity index (χ3n) is 3.74. The SMILES string of the molecule is CC(C)(C)CCNC(=O)C(CC(C)(C)C)NC(=O)CCC(C)(C)C. The van der Waals surface area contributed by atoms with E-state index < -0.39 is 6.04 Å². The topological polar surface area (TPSA) is 58.2 Å². The lowest BCUT2D eigenvalue weighted by Crippen LogP contribution is -2.49. The molecule has 142 valence electrons. The van der Waals surface area contributed by atoms with Gasteiger partial charge >= 0.3 is 0 Å². The van der Waals surface area contributed by atoms with Crippen molar-refractivity contribution in [2.75, 3.05) is 6.54 Å². The summed E-state index contributed by atoms with van der Waals surface area (Å²) in [7, 11) is 0. The summed E-state index contributed by atoms with van der Waals surface area (Å²) in [6, 6.07) is -0.461. The lowest BCUT2D eigenvalue weighted by atomic mass is 9.87. The van der Waals surface area contributed by atoms with E-state index in [0.29, 0.717) is 19.4 Å². The highest BCUT2D eigenvalue weighted by atomic mass is 16.2. The molecule has 0 aromatic rings. The van der Waals surface area contributed by atoms with Gasteiger partial charge in [0.2, 0.25) is 11.8 Å². The van der Waals surface area contributed by atoms with E-state index in [1.165, 1.54) is 0 Å². The average Bonchev–Trinajstić information content (AvgIpc) is 2.31. The van der Waals surface area contributed by atoms with Gasteiger partial charge in [0.25, 0.3) is 0 Å². The van der Waals surface area contributed by atoms with Crippen molar-refractivity contribution in [3.8, 4) is 0 Å². The van der Waals surface area contributed by atoms with Gasteiger partial charge in [0, 0.05) is 13.0 Å². The molecule has 4 heteroatoms. The molecule has 2 amide bonds. The highest BCUT2D eigenvalue weighted by molar-refractivity contribution is 5.87. The van der Waals surface area contributed by atoms with Crippen LogP contribution in [-0.2, 0) is 9.59 Å². The minimum absolute atomic E-state index is 0.0245. The van der Waals surface area contributed by atoms with E-state index in [9.17, 15) is 9.59 Å². The fourth-order valence-corrected chi connectivity index (χ4v) is 2.26. The van der Waals surface area contributed by atoms with Gasteiger partial charge in [0.05, 0.1) is 0 Å². The molecule has 1 unspecified atom stereocenters. The van der Waals surface area contributed by atoms with Gasteiger partial charge in [-0.2, -0.15) is 0 Å². The van der Waals surface area contributed by atoms with Gasteiger partial charge < -0.3 is 10.6 Å². The van der Waals surface area contributed by atoms with Crippen LogP contribution in [0, 0.1) is 16.2 Å². The van der Waals surface area contributed by atoms with Crippen LogP contribution in [0.15, 0.2) is 0 Å². The van der Waals surface area contributed by atoms with E-state index in [-0.39, 0.29) is 28.1 Å². The third kappa shape index (κ3) is 13.4. The van der Waals surface area contributed by atoms with Crippen LogP contribution in [0.2, 0.25) is 0 Å². The van der Waals surface area contributed by atoms with Crippen molar-refractivity contribution in [2.45, 2.75) is 94.0 Å². The van der Waals surface area contributed by atoms with Gasteiger partial charge in [-0.25, -0.2) is 0 Å². The monoisotopic (exact) mass is 340 g/mol. The number of carbonyl (C=O) groups is 2. The van der Waals surface area contributed by atoms with Crippen molar-refractivity contribution in [1.29, 1.82) is 0 Å². The zero-order valence-electron chi connectivity index (χ0n) is 17.4. The normalized spacial score (nSPS) is 14.2. The molecule has 0 rings (SSSR count). The van der Waals surface area contributed by atoms with Crippen molar-refractivity contribution < 1.29 is 9.59 Å². The summed E-state index contributed by atoms with van der Waals surface area (Å²) >= 11 is 0. The molecule has 0 aliphatic carbocycles. The maximum atomic E-state index is 12.5. The molecular weight excluding hydrogens is 300 g/mol. The van der Waals surface area contributed by atoms with Crippen LogP contribution in [0.4, 0.5) is 0 Å². The van der Waals surface area contributed by atoms with Gasteiger partial charge in [0.1, 0.15) is 6.04 Å². The van der Waals surface area contributed by atoms with Crippen molar-refractivity contribution >= 4 is 11.8 Å². The molecule has 0 radical (unpaired) electrons. The fourth-order valence-electron chi connectivity index (χ4n) is 2.26.